The molecule has 0 saturated heterocycles. The maximum Gasteiger partial charge on any atom is 0.340 e. The number of aliphatic hydroxyl groups excluding tert-OH is 1. The number of aliphatic hydroxyl groups is 1. The van der Waals surface area contributed by atoms with Crippen LogP contribution in [-0.2, 0) is 4.74 Å². The van der Waals surface area contributed by atoms with Crippen molar-refractivity contribution in [1.29, 1.82) is 0 Å². The fraction of sp³-hybridized carbons (Fsp3) is 0.125. The monoisotopic (exact) mass is 283 g/mol. The third-order valence-electron chi connectivity index (χ3n) is 3.49. The van der Waals surface area contributed by atoms with E-state index >= 15 is 0 Å². The summed E-state index contributed by atoms with van der Waals surface area (Å²) in [5.41, 5.74) is 2.33. The lowest BCUT2D eigenvalue weighted by atomic mass is 10.1. The van der Waals surface area contributed by atoms with Crippen molar-refractivity contribution in [2.24, 2.45) is 0 Å². The van der Waals surface area contributed by atoms with E-state index in [9.17, 15) is 9.59 Å². The zero-order valence-corrected chi connectivity index (χ0v) is 11.4. The average molecular weight is 283 g/mol. The summed E-state index contributed by atoms with van der Waals surface area (Å²) in [6.45, 7) is -0.547. The summed E-state index contributed by atoms with van der Waals surface area (Å²) in [5, 5.41) is 9.73. The molecule has 2 aromatic heterocycles. The van der Waals surface area contributed by atoms with Gasteiger partial charge in [0, 0.05) is 17.1 Å². The van der Waals surface area contributed by atoms with E-state index < -0.39 is 12.6 Å². The SMILES string of the molecule is COC(=O)c1c2ccccc2n2cc(C(=O)CO)ccc12. The van der Waals surface area contributed by atoms with Gasteiger partial charge in [-0.25, -0.2) is 4.79 Å². The molecule has 1 aromatic carbocycles. The van der Waals surface area contributed by atoms with Crippen LogP contribution in [0.2, 0.25) is 0 Å². The van der Waals surface area contributed by atoms with Crippen LogP contribution in [0.5, 0.6) is 0 Å². The number of para-hydroxylation sites is 1. The Morgan fingerprint density at radius 2 is 1.90 bits per heavy atom. The van der Waals surface area contributed by atoms with Crippen LogP contribution < -0.4 is 0 Å². The summed E-state index contributed by atoms with van der Waals surface area (Å²) < 4.78 is 6.62. The molecule has 0 amide bonds. The fourth-order valence-corrected chi connectivity index (χ4v) is 2.51. The number of ether oxygens (including phenoxy) is 1. The first kappa shape index (κ1) is 13.3. The fourth-order valence-electron chi connectivity index (χ4n) is 2.51. The molecular weight excluding hydrogens is 270 g/mol. The van der Waals surface area contributed by atoms with Crippen LogP contribution >= 0.6 is 0 Å². The number of methoxy groups -OCH3 is 1. The van der Waals surface area contributed by atoms with Crippen molar-refractivity contribution in [3.8, 4) is 0 Å². The topological polar surface area (TPSA) is 68.0 Å². The Balaban J connectivity index is 2.40. The lowest BCUT2D eigenvalue weighted by Gasteiger charge is -2.02. The zero-order valence-electron chi connectivity index (χ0n) is 11.4. The predicted octanol–water partition coefficient (Wildman–Crippen LogP) is 2.05. The van der Waals surface area contributed by atoms with Crippen LogP contribution in [0.15, 0.2) is 42.6 Å². The number of benzene rings is 1. The van der Waals surface area contributed by atoms with Gasteiger partial charge in [-0.2, -0.15) is 0 Å². The van der Waals surface area contributed by atoms with Crippen molar-refractivity contribution in [3.63, 3.8) is 0 Å². The highest BCUT2D eigenvalue weighted by atomic mass is 16.5. The van der Waals surface area contributed by atoms with E-state index in [-0.39, 0.29) is 5.78 Å². The Kier molecular flexibility index (Phi) is 3.19. The van der Waals surface area contributed by atoms with E-state index in [4.69, 9.17) is 9.84 Å². The summed E-state index contributed by atoms with van der Waals surface area (Å²) in [7, 11) is 1.34. The number of rotatable bonds is 3. The number of aromatic nitrogens is 1. The van der Waals surface area contributed by atoms with Gasteiger partial charge in [-0.3, -0.25) is 4.79 Å². The maximum absolute atomic E-state index is 12.0. The van der Waals surface area contributed by atoms with E-state index in [0.717, 1.165) is 10.9 Å². The number of hydrogen-bond donors (Lipinski definition) is 1. The maximum atomic E-state index is 12.0. The number of esters is 1. The van der Waals surface area contributed by atoms with Gasteiger partial charge < -0.3 is 14.2 Å². The minimum atomic E-state index is -0.547. The normalized spacial score (nSPS) is 11.0. The quantitative estimate of drug-likeness (QED) is 0.590. The standard InChI is InChI=1S/C16H13NO4/c1-21-16(20)15-11-4-2-3-5-12(11)17-8-10(14(19)9-18)6-7-13(15)17/h2-8,18H,9H2,1H3. The van der Waals surface area contributed by atoms with E-state index in [1.54, 1.807) is 22.7 Å². The third-order valence-corrected chi connectivity index (χ3v) is 3.49. The lowest BCUT2D eigenvalue weighted by molar-refractivity contribution is 0.0605. The number of fused-ring (bicyclic) bond motifs is 3. The van der Waals surface area contributed by atoms with Gasteiger partial charge in [0.1, 0.15) is 6.61 Å². The number of carbonyl (C=O) groups excluding carboxylic acids is 2. The highest BCUT2D eigenvalue weighted by Crippen LogP contribution is 2.27. The third kappa shape index (κ3) is 1.98. The first-order valence-corrected chi connectivity index (χ1v) is 6.42. The van der Waals surface area contributed by atoms with Crippen LogP contribution in [0.1, 0.15) is 20.7 Å². The molecule has 0 radical (unpaired) electrons. The van der Waals surface area contributed by atoms with Gasteiger partial charge in [-0.15, -0.1) is 0 Å². The number of pyridine rings is 1. The second-order valence-electron chi connectivity index (χ2n) is 4.64. The van der Waals surface area contributed by atoms with Crippen molar-refractivity contribution >= 4 is 28.2 Å². The molecule has 0 spiro atoms. The summed E-state index contributed by atoms with van der Waals surface area (Å²) in [4.78, 5) is 23.7. The smallest absolute Gasteiger partial charge is 0.340 e. The summed E-state index contributed by atoms with van der Waals surface area (Å²) in [6, 6.07) is 10.7. The van der Waals surface area contributed by atoms with E-state index in [1.165, 1.54) is 7.11 Å². The van der Waals surface area contributed by atoms with Crippen molar-refractivity contribution in [2.45, 2.75) is 0 Å². The number of nitrogens with zero attached hydrogens (tertiary/aromatic N) is 1. The van der Waals surface area contributed by atoms with E-state index in [2.05, 4.69) is 0 Å². The zero-order chi connectivity index (χ0) is 15.0. The molecule has 0 aliphatic rings. The van der Waals surface area contributed by atoms with Crippen LogP contribution in [-0.4, -0.2) is 35.0 Å². The Labute approximate surface area is 120 Å². The molecule has 0 bridgehead atoms. The van der Waals surface area contributed by atoms with E-state index in [1.807, 2.05) is 24.3 Å². The van der Waals surface area contributed by atoms with Gasteiger partial charge >= 0.3 is 5.97 Å². The summed E-state index contributed by atoms with van der Waals surface area (Å²) in [6.07, 6.45) is 1.63. The van der Waals surface area contributed by atoms with Gasteiger partial charge in [0.2, 0.25) is 0 Å². The van der Waals surface area contributed by atoms with Crippen LogP contribution in [0.4, 0.5) is 0 Å². The molecule has 0 fully saturated rings. The Morgan fingerprint density at radius 1 is 1.14 bits per heavy atom. The highest BCUT2D eigenvalue weighted by Gasteiger charge is 2.19. The van der Waals surface area contributed by atoms with Gasteiger partial charge in [0.05, 0.1) is 23.7 Å². The predicted molar refractivity (Wildman–Crippen MR) is 77.7 cm³/mol. The molecule has 106 valence electrons. The summed E-state index contributed by atoms with van der Waals surface area (Å²) in [5.74, 6) is -0.788. The van der Waals surface area contributed by atoms with Gasteiger partial charge in [-0.05, 0) is 18.2 Å². The molecule has 5 nitrogen and oxygen atoms in total. The first-order valence-electron chi connectivity index (χ1n) is 6.42. The summed E-state index contributed by atoms with van der Waals surface area (Å²) >= 11 is 0. The lowest BCUT2D eigenvalue weighted by Crippen LogP contribution is -2.06. The Bertz CT molecular complexity index is 863. The van der Waals surface area contributed by atoms with Crippen molar-refractivity contribution in [3.05, 3.63) is 53.7 Å². The average Bonchev–Trinajstić information content (AvgIpc) is 2.87. The minimum absolute atomic E-state index is 0.366. The van der Waals surface area contributed by atoms with Gasteiger partial charge in [-0.1, -0.05) is 18.2 Å². The minimum Gasteiger partial charge on any atom is -0.465 e. The van der Waals surface area contributed by atoms with Crippen molar-refractivity contribution < 1.29 is 19.4 Å². The number of ketones is 1. The molecular formula is C16H13NO4. The van der Waals surface area contributed by atoms with Crippen LogP contribution in [0, 0.1) is 0 Å². The van der Waals surface area contributed by atoms with Crippen molar-refractivity contribution in [1.82, 2.24) is 4.40 Å². The number of Topliss-reactive ketones (excluding diaryl/α,β-unsaturated/α-hetero) is 1. The number of carbonyl (C=O) groups is 2. The van der Waals surface area contributed by atoms with Crippen LogP contribution in [0.3, 0.4) is 0 Å². The molecule has 0 aliphatic heterocycles. The molecule has 5 heteroatoms. The second-order valence-corrected chi connectivity index (χ2v) is 4.64. The molecule has 0 atom stereocenters. The van der Waals surface area contributed by atoms with E-state index in [0.29, 0.717) is 16.6 Å². The molecule has 0 unspecified atom stereocenters. The highest BCUT2D eigenvalue weighted by molar-refractivity contribution is 6.12. The molecule has 21 heavy (non-hydrogen) atoms. The van der Waals surface area contributed by atoms with Crippen molar-refractivity contribution in [2.75, 3.05) is 13.7 Å². The molecule has 2 heterocycles. The molecule has 3 aromatic rings. The largest absolute Gasteiger partial charge is 0.465 e. The molecule has 0 aliphatic carbocycles. The molecule has 3 rings (SSSR count). The van der Waals surface area contributed by atoms with Crippen LogP contribution in [0.25, 0.3) is 16.4 Å². The van der Waals surface area contributed by atoms with Gasteiger partial charge in [0.25, 0.3) is 0 Å². The molecule has 0 saturated carbocycles. The number of hydrogen-bond acceptors (Lipinski definition) is 4. The molecule has 1 N–H and O–H groups in total. The first-order chi connectivity index (χ1) is 10.2. The second kappa shape index (κ2) is 5.03. The van der Waals surface area contributed by atoms with Gasteiger partial charge in [0.15, 0.2) is 5.78 Å². The Hall–Kier alpha value is -2.66. The Morgan fingerprint density at radius 3 is 2.62 bits per heavy atom.